The number of hydrogen-bond acceptors (Lipinski definition) is 4. The van der Waals surface area contributed by atoms with Crippen molar-refractivity contribution in [1.29, 1.82) is 0 Å². The number of piperidine rings is 3. The second-order valence-corrected chi connectivity index (χ2v) is 7.58. The molecule has 1 aromatic rings. The third-order valence-electron chi connectivity index (χ3n) is 5.55. The number of hydrogen-bond donors (Lipinski definition) is 1. The summed E-state index contributed by atoms with van der Waals surface area (Å²) in [5, 5.41) is 3.82. The van der Waals surface area contributed by atoms with Crippen molar-refractivity contribution in [2.75, 3.05) is 44.7 Å². The number of ether oxygens (including phenoxy) is 1. The molecule has 4 aliphatic rings. The SMILES string of the molecule is CN1CCCOc2c(C(=O)NC3CN4CCC3CC4)cc(Cl)cc21.Cl.Cl. The molecule has 1 atom stereocenters. The van der Waals surface area contributed by atoms with Crippen LogP contribution in [0.1, 0.15) is 29.6 Å². The van der Waals surface area contributed by atoms with Crippen molar-refractivity contribution in [1.82, 2.24) is 10.2 Å². The van der Waals surface area contributed by atoms with Gasteiger partial charge in [-0.2, -0.15) is 0 Å². The Bertz CT molecular complexity index is 651. The summed E-state index contributed by atoms with van der Waals surface area (Å²) < 4.78 is 5.91. The molecule has 8 heteroatoms. The normalized spacial score (nSPS) is 26.5. The topological polar surface area (TPSA) is 44.8 Å². The summed E-state index contributed by atoms with van der Waals surface area (Å²) in [6.07, 6.45) is 3.29. The van der Waals surface area contributed by atoms with Crippen molar-refractivity contribution in [2.24, 2.45) is 5.92 Å². The summed E-state index contributed by atoms with van der Waals surface area (Å²) in [7, 11) is 2.01. The van der Waals surface area contributed by atoms with Crippen LogP contribution in [0, 0.1) is 5.92 Å². The summed E-state index contributed by atoms with van der Waals surface area (Å²) in [6.45, 7) is 4.81. The van der Waals surface area contributed by atoms with Crippen LogP contribution in [0.15, 0.2) is 12.1 Å². The van der Waals surface area contributed by atoms with E-state index in [1.165, 1.54) is 12.8 Å². The van der Waals surface area contributed by atoms with Crippen LogP contribution in [0.5, 0.6) is 5.75 Å². The highest BCUT2D eigenvalue weighted by Crippen LogP contribution is 2.37. The van der Waals surface area contributed by atoms with Crippen molar-refractivity contribution in [3.63, 3.8) is 0 Å². The number of benzene rings is 1. The Balaban J connectivity index is 0.00000121. The Morgan fingerprint density at radius 2 is 1.96 bits per heavy atom. The van der Waals surface area contributed by atoms with E-state index in [1.54, 1.807) is 6.07 Å². The molecular formula is C18H26Cl3N3O2. The molecule has 26 heavy (non-hydrogen) atoms. The van der Waals surface area contributed by atoms with E-state index in [1.807, 2.05) is 13.1 Å². The molecule has 2 bridgehead atoms. The van der Waals surface area contributed by atoms with Crippen LogP contribution in [-0.2, 0) is 0 Å². The molecule has 5 rings (SSSR count). The number of nitrogens with zero attached hydrogens (tertiary/aromatic N) is 2. The lowest BCUT2D eigenvalue weighted by Crippen LogP contribution is -2.57. The van der Waals surface area contributed by atoms with Gasteiger partial charge in [-0.3, -0.25) is 4.79 Å². The molecule has 0 aliphatic carbocycles. The fourth-order valence-corrected chi connectivity index (χ4v) is 4.37. The van der Waals surface area contributed by atoms with Gasteiger partial charge in [-0.25, -0.2) is 0 Å². The van der Waals surface area contributed by atoms with E-state index in [9.17, 15) is 4.79 Å². The van der Waals surface area contributed by atoms with Gasteiger partial charge < -0.3 is 19.9 Å². The van der Waals surface area contributed by atoms with Gasteiger partial charge in [0.2, 0.25) is 0 Å². The Morgan fingerprint density at radius 1 is 1.23 bits per heavy atom. The number of halogens is 3. The van der Waals surface area contributed by atoms with Gasteiger partial charge in [0, 0.05) is 31.2 Å². The third kappa shape index (κ3) is 4.16. The molecule has 1 amide bonds. The fourth-order valence-electron chi connectivity index (χ4n) is 4.15. The van der Waals surface area contributed by atoms with Gasteiger partial charge in [0.25, 0.3) is 5.91 Å². The molecule has 0 saturated carbocycles. The standard InChI is InChI=1S/C18H24ClN3O2.2ClH/c1-21-5-2-8-24-17-14(9-13(19)10-16(17)21)18(23)20-15-11-22-6-3-12(15)4-7-22;;/h9-10,12,15H,2-8,11H2,1H3,(H,20,23);2*1H. The maximum Gasteiger partial charge on any atom is 0.255 e. The number of carbonyl (C=O) groups is 1. The van der Waals surface area contributed by atoms with E-state index in [4.69, 9.17) is 16.3 Å². The summed E-state index contributed by atoms with van der Waals surface area (Å²) in [6, 6.07) is 3.85. The van der Waals surface area contributed by atoms with Crippen LogP contribution in [-0.4, -0.2) is 56.7 Å². The number of anilines is 1. The van der Waals surface area contributed by atoms with E-state index in [0.29, 0.717) is 28.9 Å². The van der Waals surface area contributed by atoms with Gasteiger partial charge in [0.05, 0.1) is 17.9 Å². The minimum atomic E-state index is -0.0669. The molecule has 146 valence electrons. The summed E-state index contributed by atoms with van der Waals surface area (Å²) >= 11 is 6.28. The minimum Gasteiger partial charge on any atom is -0.490 e. The first-order chi connectivity index (χ1) is 11.6. The molecule has 1 unspecified atom stereocenters. The molecule has 3 fully saturated rings. The quantitative estimate of drug-likeness (QED) is 0.795. The van der Waals surface area contributed by atoms with E-state index < -0.39 is 0 Å². The molecule has 5 nitrogen and oxygen atoms in total. The van der Waals surface area contributed by atoms with Crippen molar-refractivity contribution in [2.45, 2.75) is 25.3 Å². The van der Waals surface area contributed by atoms with Crippen LogP contribution in [0.4, 0.5) is 5.69 Å². The average Bonchev–Trinajstić information content (AvgIpc) is 2.77. The van der Waals surface area contributed by atoms with E-state index in [2.05, 4.69) is 15.1 Å². The molecule has 4 aliphatic heterocycles. The molecule has 1 aromatic carbocycles. The lowest BCUT2D eigenvalue weighted by Gasteiger charge is -2.45. The summed E-state index contributed by atoms with van der Waals surface area (Å²) in [5.74, 6) is 1.20. The third-order valence-corrected chi connectivity index (χ3v) is 5.77. The second-order valence-electron chi connectivity index (χ2n) is 7.14. The van der Waals surface area contributed by atoms with Gasteiger partial charge >= 0.3 is 0 Å². The van der Waals surface area contributed by atoms with Gasteiger partial charge in [-0.15, -0.1) is 24.8 Å². The lowest BCUT2D eigenvalue weighted by molar-refractivity contribution is 0.0618. The molecule has 1 N–H and O–H groups in total. The number of carbonyl (C=O) groups excluding carboxylic acids is 1. The summed E-state index contributed by atoms with van der Waals surface area (Å²) in [5.41, 5.74) is 1.46. The van der Waals surface area contributed by atoms with Crippen LogP contribution < -0.4 is 15.0 Å². The van der Waals surface area contributed by atoms with Crippen LogP contribution >= 0.6 is 36.4 Å². The molecule has 0 aromatic heterocycles. The zero-order valence-electron chi connectivity index (χ0n) is 14.9. The highest BCUT2D eigenvalue weighted by atomic mass is 35.5. The van der Waals surface area contributed by atoms with E-state index in [0.717, 1.165) is 38.3 Å². The zero-order valence-corrected chi connectivity index (χ0v) is 17.3. The lowest BCUT2D eigenvalue weighted by atomic mass is 9.84. The smallest absolute Gasteiger partial charge is 0.255 e. The largest absolute Gasteiger partial charge is 0.490 e. The van der Waals surface area contributed by atoms with Crippen molar-refractivity contribution in [3.8, 4) is 5.75 Å². The Hall–Kier alpha value is -0.880. The second kappa shape index (κ2) is 8.87. The predicted octanol–water partition coefficient (Wildman–Crippen LogP) is 3.23. The maximum absolute atomic E-state index is 12.9. The predicted molar refractivity (Wildman–Crippen MR) is 110 cm³/mol. The highest BCUT2D eigenvalue weighted by Gasteiger charge is 2.35. The monoisotopic (exact) mass is 421 g/mol. The van der Waals surface area contributed by atoms with E-state index >= 15 is 0 Å². The first-order valence-electron chi connectivity index (χ1n) is 8.82. The highest BCUT2D eigenvalue weighted by molar-refractivity contribution is 6.31. The van der Waals surface area contributed by atoms with E-state index in [-0.39, 0.29) is 36.8 Å². The van der Waals surface area contributed by atoms with Gasteiger partial charge in [-0.1, -0.05) is 11.6 Å². The summed E-state index contributed by atoms with van der Waals surface area (Å²) in [4.78, 5) is 17.5. The van der Waals surface area contributed by atoms with Gasteiger partial charge in [0.1, 0.15) is 0 Å². The Labute approximate surface area is 172 Å². The number of amides is 1. The van der Waals surface area contributed by atoms with Gasteiger partial charge in [0.15, 0.2) is 5.75 Å². The number of nitrogens with one attached hydrogen (secondary N) is 1. The first kappa shape index (κ1) is 21.4. The first-order valence-corrected chi connectivity index (χ1v) is 9.20. The van der Waals surface area contributed by atoms with Crippen LogP contribution in [0.3, 0.4) is 0 Å². The van der Waals surface area contributed by atoms with Gasteiger partial charge in [-0.05, 0) is 50.4 Å². The zero-order chi connectivity index (χ0) is 16.7. The maximum atomic E-state index is 12.9. The van der Waals surface area contributed by atoms with Crippen molar-refractivity contribution < 1.29 is 9.53 Å². The molecule has 3 saturated heterocycles. The molecule has 0 spiro atoms. The average molecular weight is 423 g/mol. The molecular weight excluding hydrogens is 397 g/mol. The van der Waals surface area contributed by atoms with Crippen LogP contribution in [0.25, 0.3) is 0 Å². The molecule has 0 radical (unpaired) electrons. The number of fused-ring (bicyclic) bond motifs is 4. The Kier molecular flexibility index (Phi) is 7.31. The minimum absolute atomic E-state index is 0. The number of rotatable bonds is 2. The van der Waals surface area contributed by atoms with Crippen molar-refractivity contribution >= 4 is 48.0 Å². The fraction of sp³-hybridized carbons (Fsp3) is 0.611. The van der Waals surface area contributed by atoms with Crippen molar-refractivity contribution in [3.05, 3.63) is 22.7 Å². The van der Waals surface area contributed by atoms with Crippen LogP contribution in [0.2, 0.25) is 5.02 Å². The molecule has 4 heterocycles. The Morgan fingerprint density at radius 3 is 2.62 bits per heavy atom.